The quantitative estimate of drug-likeness (QED) is 0.422. The van der Waals surface area contributed by atoms with E-state index < -0.39 is 0 Å². The number of fused-ring (bicyclic) bond motifs is 2. The predicted octanol–water partition coefficient (Wildman–Crippen LogP) is 5.89. The van der Waals surface area contributed by atoms with Gasteiger partial charge >= 0.3 is 0 Å². The molecule has 0 aliphatic rings. The molecule has 0 spiro atoms. The first-order chi connectivity index (χ1) is 11.3. The lowest BCUT2D eigenvalue weighted by Crippen LogP contribution is -2.01. The van der Waals surface area contributed by atoms with E-state index in [0.29, 0.717) is 0 Å². The van der Waals surface area contributed by atoms with Gasteiger partial charge in [-0.25, -0.2) is 0 Å². The normalized spacial score (nSPS) is 11.3. The fourth-order valence-electron chi connectivity index (χ4n) is 3.31. The monoisotopic (exact) mass is 314 g/mol. The first-order valence-electron chi connectivity index (χ1n) is 7.63. The van der Waals surface area contributed by atoms with Crippen molar-refractivity contribution in [2.45, 2.75) is 6.92 Å². The van der Waals surface area contributed by atoms with E-state index in [9.17, 15) is 4.57 Å². The number of aryl methyl sites for hydroxylation is 1. The SMILES string of the molecule is Cc1ccc2ccccc2c1-c1c(P=O)ccc2ccccc12. The average Bonchev–Trinajstić information content (AvgIpc) is 2.61. The van der Waals surface area contributed by atoms with E-state index in [0.717, 1.165) is 16.3 Å². The van der Waals surface area contributed by atoms with Crippen LogP contribution >= 0.6 is 8.46 Å². The third-order valence-corrected chi connectivity index (χ3v) is 4.96. The van der Waals surface area contributed by atoms with Crippen LogP contribution in [0.15, 0.2) is 72.8 Å². The van der Waals surface area contributed by atoms with Crippen LogP contribution in [0.2, 0.25) is 0 Å². The molecule has 0 N–H and O–H groups in total. The molecular weight excluding hydrogens is 299 g/mol. The summed E-state index contributed by atoms with van der Waals surface area (Å²) in [6.07, 6.45) is 0. The molecule has 1 nitrogen and oxygen atoms in total. The Hall–Kier alpha value is -2.50. The van der Waals surface area contributed by atoms with E-state index in [-0.39, 0.29) is 8.46 Å². The Bertz CT molecular complexity index is 1050. The van der Waals surface area contributed by atoms with Gasteiger partial charge in [0.25, 0.3) is 0 Å². The molecule has 0 saturated heterocycles. The van der Waals surface area contributed by atoms with Crippen LogP contribution in [-0.4, -0.2) is 0 Å². The van der Waals surface area contributed by atoms with Gasteiger partial charge in [0.2, 0.25) is 0 Å². The van der Waals surface area contributed by atoms with E-state index in [2.05, 4.69) is 55.5 Å². The van der Waals surface area contributed by atoms with Gasteiger partial charge in [-0.15, -0.1) is 0 Å². The zero-order valence-corrected chi connectivity index (χ0v) is 13.7. The van der Waals surface area contributed by atoms with Crippen molar-refractivity contribution in [3.05, 3.63) is 78.4 Å². The minimum absolute atomic E-state index is 0.0538. The fourth-order valence-corrected chi connectivity index (χ4v) is 3.77. The number of rotatable bonds is 2. The molecule has 4 aromatic rings. The lowest BCUT2D eigenvalue weighted by Gasteiger charge is -2.15. The molecule has 0 aliphatic carbocycles. The van der Waals surface area contributed by atoms with Gasteiger partial charge in [0.1, 0.15) is 0 Å². The summed E-state index contributed by atoms with van der Waals surface area (Å²) in [6.45, 7) is 2.12. The summed E-state index contributed by atoms with van der Waals surface area (Å²) in [7, 11) is 0.0538. The van der Waals surface area contributed by atoms with Gasteiger partial charge in [0.15, 0.2) is 8.46 Å². The van der Waals surface area contributed by atoms with Crippen molar-refractivity contribution >= 4 is 35.3 Å². The van der Waals surface area contributed by atoms with Crippen LogP contribution in [0.5, 0.6) is 0 Å². The molecular formula is C21H15OP. The third-order valence-electron chi connectivity index (χ3n) is 4.39. The number of hydrogen-bond donors (Lipinski definition) is 0. The highest BCUT2D eigenvalue weighted by molar-refractivity contribution is 7.34. The van der Waals surface area contributed by atoms with Crippen molar-refractivity contribution in [2.24, 2.45) is 0 Å². The molecule has 0 aromatic heterocycles. The minimum atomic E-state index is 0.0538. The maximum atomic E-state index is 11.8. The third kappa shape index (κ3) is 2.25. The number of hydrogen-bond acceptors (Lipinski definition) is 1. The van der Waals surface area contributed by atoms with Gasteiger partial charge in [-0.1, -0.05) is 66.7 Å². The van der Waals surface area contributed by atoms with Crippen LogP contribution in [0.1, 0.15) is 5.56 Å². The summed E-state index contributed by atoms with van der Waals surface area (Å²) >= 11 is 0. The second-order valence-corrected chi connectivity index (χ2v) is 6.42. The second-order valence-electron chi connectivity index (χ2n) is 5.75. The summed E-state index contributed by atoms with van der Waals surface area (Å²) in [4.78, 5) is 0. The van der Waals surface area contributed by atoms with Crippen LogP contribution < -0.4 is 5.30 Å². The molecule has 0 unspecified atom stereocenters. The zero-order valence-electron chi connectivity index (χ0n) is 12.8. The Balaban J connectivity index is 2.23. The fraction of sp³-hybridized carbons (Fsp3) is 0.0476. The maximum Gasteiger partial charge on any atom is 0.192 e. The molecule has 0 heterocycles. The van der Waals surface area contributed by atoms with Crippen molar-refractivity contribution in [1.82, 2.24) is 0 Å². The Morgan fingerprint density at radius 1 is 0.652 bits per heavy atom. The van der Waals surface area contributed by atoms with Crippen LogP contribution in [0.4, 0.5) is 0 Å². The van der Waals surface area contributed by atoms with Gasteiger partial charge < -0.3 is 0 Å². The van der Waals surface area contributed by atoms with E-state index >= 15 is 0 Å². The van der Waals surface area contributed by atoms with Crippen molar-refractivity contribution in [1.29, 1.82) is 0 Å². The average molecular weight is 314 g/mol. The standard InChI is InChI=1S/C21H15OP/c1-14-10-11-15-6-2-4-8-17(15)20(14)21-18-9-5-3-7-16(18)12-13-19(21)23-22/h2-13H,1H3. The van der Waals surface area contributed by atoms with E-state index in [4.69, 9.17) is 0 Å². The van der Waals surface area contributed by atoms with Gasteiger partial charge in [-0.05, 0) is 45.7 Å². The largest absolute Gasteiger partial charge is 0.269 e. The Morgan fingerprint density at radius 2 is 1.22 bits per heavy atom. The van der Waals surface area contributed by atoms with Crippen molar-refractivity contribution in [3.63, 3.8) is 0 Å². The van der Waals surface area contributed by atoms with Crippen molar-refractivity contribution in [2.75, 3.05) is 0 Å². The van der Waals surface area contributed by atoms with Gasteiger partial charge in [-0.3, -0.25) is 4.57 Å². The van der Waals surface area contributed by atoms with Crippen LogP contribution in [0, 0.1) is 6.92 Å². The predicted molar refractivity (Wildman–Crippen MR) is 98.9 cm³/mol. The first-order valence-corrected chi connectivity index (χ1v) is 8.44. The van der Waals surface area contributed by atoms with Crippen LogP contribution in [-0.2, 0) is 4.57 Å². The summed E-state index contributed by atoms with van der Waals surface area (Å²) in [6, 6.07) is 25.0. The Kier molecular flexibility index (Phi) is 3.44. The first kappa shape index (κ1) is 14.1. The molecule has 110 valence electrons. The molecule has 4 rings (SSSR count). The van der Waals surface area contributed by atoms with Gasteiger partial charge in [0, 0.05) is 5.56 Å². The minimum Gasteiger partial charge on any atom is -0.269 e. The van der Waals surface area contributed by atoms with E-state index in [1.165, 1.54) is 27.3 Å². The van der Waals surface area contributed by atoms with Crippen molar-refractivity contribution < 1.29 is 4.57 Å². The molecule has 0 amide bonds. The second kappa shape index (κ2) is 5.61. The Morgan fingerprint density at radius 3 is 1.87 bits per heavy atom. The molecule has 0 aliphatic heterocycles. The highest BCUT2D eigenvalue weighted by Gasteiger charge is 2.15. The molecule has 2 heteroatoms. The smallest absolute Gasteiger partial charge is 0.192 e. The molecule has 4 aromatic carbocycles. The lowest BCUT2D eigenvalue weighted by atomic mass is 9.90. The lowest BCUT2D eigenvalue weighted by molar-refractivity contribution is 0.603. The summed E-state index contributed by atoms with van der Waals surface area (Å²) < 4.78 is 11.8. The molecule has 23 heavy (non-hydrogen) atoms. The summed E-state index contributed by atoms with van der Waals surface area (Å²) in [5.41, 5.74) is 3.46. The number of benzene rings is 4. The topological polar surface area (TPSA) is 17.1 Å². The molecule has 0 bridgehead atoms. The van der Waals surface area contributed by atoms with Crippen LogP contribution in [0.25, 0.3) is 32.7 Å². The summed E-state index contributed by atoms with van der Waals surface area (Å²) in [5.74, 6) is 0. The maximum absolute atomic E-state index is 11.8. The van der Waals surface area contributed by atoms with E-state index in [1.807, 2.05) is 24.3 Å². The van der Waals surface area contributed by atoms with Crippen LogP contribution in [0.3, 0.4) is 0 Å². The zero-order chi connectivity index (χ0) is 15.8. The summed E-state index contributed by atoms with van der Waals surface area (Å²) in [5, 5.41) is 5.56. The molecule has 0 radical (unpaired) electrons. The van der Waals surface area contributed by atoms with E-state index in [1.54, 1.807) is 0 Å². The van der Waals surface area contributed by atoms with Crippen molar-refractivity contribution in [3.8, 4) is 11.1 Å². The highest BCUT2D eigenvalue weighted by Crippen LogP contribution is 2.36. The van der Waals surface area contributed by atoms with Gasteiger partial charge in [-0.2, -0.15) is 0 Å². The molecule has 0 fully saturated rings. The Labute approximate surface area is 136 Å². The molecule has 0 saturated carbocycles. The molecule has 0 atom stereocenters. The highest BCUT2D eigenvalue weighted by atomic mass is 31.1. The van der Waals surface area contributed by atoms with Gasteiger partial charge in [0.05, 0.1) is 5.30 Å².